The van der Waals surface area contributed by atoms with E-state index in [1.54, 1.807) is 12.1 Å². The predicted octanol–water partition coefficient (Wildman–Crippen LogP) is 6.69. The number of rotatable bonds is 4. The van der Waals surface area contributed by atoms with Crippen LogP contribution in [-0.2, 0) is 6.42 Å². The third-order valence-electron chi connectivity index (χ3n) is 7.16. The van der Waals surface area contributed by atoms with Crippen LogP contribution >= 0.6 is 0 Å². The van der Waals surface area contributed by atoms with Crippen LogP contribution in [0.5, 0.6) is 5.75 Å². The number of aryl methyl sites for hydroxylation is 1. The van der Waals surface area contributed by atoms with Gasteiger partial charge in [0.15, 0.2) is 0 Å². The van der Waals surface area contributed by atoms with Crippen molar-refractivity contribution in [1.82, 2.24) is 0 Å². The Bertz CT molecular complexity index is 555. The Morgan fingerprint density at radius 1 is 0.840 bits per heavy atom. The van der Waals surface area contributed by atoms with Crippen molar-refractivity contribution in [2.45, 2.75) is 89.6 Å². The van der Waals surface area contributed by atoms with Gasteiger partial charge in [-0.25, -0.2) is 4.39 Å². The fourth-order valence-electron chi connectivity index (χ4n) is 5.58. The highest BCUT2D eigenvalue weighted by atomic mass is 19.1. The number of hydrogen-bond acceptors (Lipinski definition) is 1. The normalized spacial score (nSPS) is 30.5. The first-order chi connectivity index (χ1) is 12.3. The maximum Gasteiger partial charge on any atom is 0.126 e. The lowest BCUT2D eigenvalue weighted by Crippen LogP contribution is -2.26. The molecule has 0 amide bonds. The van der Waals surface area contributed by atoms with E-state index in [0.717, 1.165) is 42.8 Å². The first-order valence-electron chi connectivity index (χ1n) is 10.7. The molecule has 2 fully saturated rings. The number of ether oxygens (including phenoxy) is 1. The highest BCUT2D eigenvalue weighted by Gasteiger charge is 2.29. The van der Waals surface area contributed by atoms with Crippen LogP contribution in [0, 0.1) is 23.6 Å². The van der Waals surface area contributed by atoms with Crippen LogP contribution in [0.1, 0.15) is 82.6 Å². The number of halogens is 1. The van der Waals surface area contributed by atoms with Gasteiger partial charge in [0.05, 0.1) is 6.10 Å². The average Bonchev–Trinajstić information content (AvgIpc) is 2.67. The van der Waals surface area contributed by atoms with E-state index in [2.05, 4.69) is 0 Å². The molecule has 1 nitrogen and oxygen atoms in total. The fourth-order valence-corrected chi connectivity index (χ4v) is 5.58. The molecule has 3 aliphatic rings. The molecule has 0 aromatic heterocycles. The molecule has 2 heteroatoms. The van der Waals surface area contributed by atoms with Crippen molar-refractivity contribution in [1.29, 1.82) is 0 Å². The minimum absolute atomic E-state index is 0.180. The van der Waals surface area contributed by atoms with Gasteiger partial charge in [0.1, 0.15) is 11.6 Å². The predicted molar refractivity (Wildman–Crippen MR) is 100 cm³/mol. The van der Waals surface area contributed by atoms with Crippen LogP contribution in [-0.4, -0.2) is 6.10 Å². The van der Waals surface area contributed by atoms with Crippen LogP contribution in [0.2, 0.25) is 0 Å². The van der Waals surface area contributed by atoms with Gasteiger partial charge in [-0.15, -0.1) is 0 Å². The molecule has 4 rings (SSSR count). The summed E-state index contributed by atoms with van der Waals surface area (Å²) in [5.41, 5.74) is 1.17. The van der Waals surface area contributed by atoms with E-state index >= 15 is 0 Å². The van der Waals surface area contributed by atoms with Gasteiger partial charge in [-0.2, -0.15) is 0 Å². The monoisotopic (exact) mass is 344 g/mol. The molecule has 0 radical (unpaired) electrons. The second-order valence-electron chi connectivity index (χ2n) is 8.79. The Balaban J connectivity index is 1.21. The molecule has 1 aromatic rings. The zero-order valence-corrected chi connectivity index (χ0v) is 15.5. The zero-order valence-electron chi connectivity index (χ0n) is 15.5. The molecule has 1 aliphatic heterocycles. The lowest BCUT2D eigenvalue weighted by atomic mass is 9.70. The first-order valence-corrected chi connectivity index (χ1v) is 10.7. The van der Waals surface area contributed by atoms with Crippen molar-refractivity contribution >= 4 is 0 Å². The molecule has 0 saturated heterocycles. The Kier molecular flexibility index (Phi) is 5.63. The molecule has 2 aliphatic carbocycles. The Morgan fingerprint density at radius 3 is 2.40 bits per heavy atom. The number of benzene rings is 1. The van der Waals surface area contributed by atoms with Crippen molar-refractivity contribution < 1.29 is 9.13 Å². The highest BCUT2D eigenvalue weighted by molar-refractivity contribution is 5.35. The maximum atomic E-state index is 13.4. The van der Waals surface area contributed by atoms with Crippen LogP contribution in [0.3, 0.4) is 0 Å². The summed E-state index contributed by atoms with van der Waals surface area (Å²) in [5, 5.41) is 0. The maximum absolute atomic E-state index is 13.4. The van der Waals surface area contributed by atoms with E-state index in [1.165, 1.54) is 69.8 Å². The van der Waals surface area contributed by atoms with Crippen molar-refractivity contribution in [2.75, 3.05) is 0 Å². The minimum Gasteiger partial charge on any atom is -0.490 e. The van der Waals surface area contributed by atoms with E-state index in [0.29, 0.717) is 6.10 Å². The molecule has 0 N–H and O–H groups in total. The van der Waals surface area contributed by atoms with E-state index in [4.69, 9.17) is 4.74 Å². The van der Waals surface area contributed by atoms with Crippen LogP contribution < -0.4 is 4.74 Å². The van der Waals surface area contributed by atoms with E-state index in [1.807, 2.05) is 6.07 Å². The van der Waals surface area contributed by atoms with E-state index in [-0.39, 0.29) is 5.82 Å². The summed E-state index contributed by atoms with van der Waals surface area (Å²) in [6.45, 7) is 0. The Labute approximate surface area is 152 Å². The summed E-state index contributed by atoms with van der Waals surface area (Å²) < 4.78 is 19.5. The summed E-state index contributed by atoms with van der Waals surface area (Å²) in [5.74, 6) is 3.58. The summed E-state index contributed by atoms with van der Waals surface area (Å²) in [7, 11) is 0. The van der Waals surface area contributed by atoms with Crippen LogP contribution in [0.4, 0.5) is 4.39 Å². The summed E-state index contributed by atoms with van der Waals surface area (Å²) >= 11 is 0. The molecule has 0 bridgehead atoms. The Hall–Kier alpha value is -1.05. The van der Waals surface area contributed by atoms with Crippen molar-refractivity contribution in [2.24, 2.45) is 17.8 Å². The molecule has 2 saturated carbocycles. The molecule has 1 heterocycles. The molecule has 1 atom stereocenters. The topological polar surface area (TPSA) is 9.23 Å². The van der Waals surface area contributed by atoms with Gasteiger partial charge in [0, 0.05) is 6.07 Å². The molecular formula is C23H33FO. The lowest BCUT2D eigenvalue weighted by Gasteiger charge is -2.36. The third-order valence-corrected chi connectivity index (χ3v) is 7.16. The average molecular weight is 345 g/mol. The second-order valence-corrected chi connectivity index (χ2v) is 8.79. The van der Waals surface area contributed by atoms with Gasteiger partial charge in [-0.1, -0.05) is 51.0 Å². The molecular weight excluding hydrogens is 311 g/mol. The first kappa shape index (κ1) is 17.4. The van der Waals surface area contributed by atoms with Crippen molar-refractivity contribution in [3.63, 3.8) is 0 Å². The highest BCUT2D eigenvalue weighted by Crippen LogP contribution is 2.41. The van der Waals surface area contributed by atoms with Gasteiger partial charge in [-0.05, 0) is 67.9 Å². The fraction of sp³-hybridized carbons (Fsp3) is 0.739. The standard InChI is InChI=1S/C23H33FO/c24-21-13-11-20-12-15-22(25-23(20)16-21)14-8-17-6-9-19(10-7-17)18-4-2-1-3-5-18/h11,13,16-19,22H,1-10,12,14-15H2. The number of hydrogen-bond donors (Lipinski definition) is 0. The molecule has 1 aromatic carbocycles. The summed E-state index contributed by atoms with van der Waals surface area (Å²) in [4.78, 5) is 0. The van der Waals surface area contributed by atoms with Crippen molar-refractivity contribution in [3.05, 3.63) is 29.6 Å². The van der Waals surface area contributed by atoms with Crippen LogP contribution in [0.25, 0.3) is 0 Å². The quantitative estimate of drug-likeness (QED) is 0.591. The summed E-state index contributed by atoms with van der Waals surface area (Å²) in [6, 6.07) is 5.00. The van der Waals surface area contributed by atoms with Gasteiger partial charge >= 0.3 is 0 Å². The molecule has 0 spiro atoms. The van der Waals surface area contributed by atoms with Crippen LogP contribution in [0.15, 0.2) is 18.2 Å². The second kappa shape index (κ2) is 8.10. The van der Waals surface area contributed by atoms with E-state index < -0.39 is 0 Å². The SMILES string of the molecule is Fc1ccc2c(c1)OC(CCC1CCC(C3CCCCC3)CC1)CC2. The zero-order chi connectivity index (χ0) is 17.1. The minimum atomic E-state index is -0.180. The molecule has 1 unspecified atom stereocenters. The smallest absolute Gasteiger partial charge is 0.126 e. The van der Waals surface area contributed by atoms with Gasteiger partial charge in [0.25, 0.3) is 0 Å². The number of fused-ring (bicyclic) bond motifs is 1. The van der Waals surface area contributed by atoms with Gasteiger partial charge in [0.2, 0.25) is 0 Å². The molecule has 25 heavy (non-hydrogen) atoms. The third kappa shape index (κ3) is 4.38. The summed E-state index contributed by atoms with van der Waals surface area (Å²) in [6.07, 6.45) is 18.1. The largest absolute Gasteiger partial charge is 0.490 e. The van der Waals surface area contributed by atoms with Gasteiger partial charge in [-0.3, -0.25) is 0 Å². The molecule has 138 valence electrons. The Morgan fingerprint density at radius 2 is 1.60 bits per heavy atom. The van der Waals surface area contributed by atoms with Gasteiger partial charge < -0.3 is 4.74 Å². The van der Waals surface area contributed by atoms with Crippen molar-refractivity contribution in [3.8, 4) is 5.75 Å². The lowest BCUT2D eigenvalue weighted by molar-refractivity contribution is 0.131. The van der Waals surface area contributed by atoms with E-state index in [9.17, 15) is 4.39 Å².